The van der Waals surface area contributed by atoms with Crippen LogP contribution in [0.25, 0.3) is 0 Å². The first kappa shape index (κ1) is 14.0. The molecule has 0 radical (unpaired) electrons. The van der Waals surface area contributed by atoms with Gasteiger partial charge in [0.05, 0.1) is 6.61 Å². The minimum Gasteiger partial charge on any atom is -0.383 e. The van der Waals surface area contributed by atoms with E-state index in [9.17, 15) is 0 Å². The molecule has 2 heteroatoms. The topological polar surface area (TPSA) is 21.3 Å². The van der Waals surface area contributed by atoms with Crippen LogP contribution in [0.5, 0.6) is 0 Å². The Morgan fingerprint density at radius 3 is 2.50 bits per heavy atom. The first-order valence-corrected chi connectivity index (χ1v) is 6.93. The summed E-state index contributed by atoms with van der Waals surface area (Å²) in [6.07, 6.45) is 7.30. The Morgan fingerprint density at radius 1 is 1.25 bits per heavy atom. The predicted octanol–water partition coefficient (Wildman–Crippen LogP) is 3.07. The van der Waals surface area contributed by atoms with Gasteiger partial charge in [-0.25, -0.2) is 0 Å². The molecule has 1 saturated carbocycles. The van der Waals surface area contributed by atoms with E-state index in [0.29, 0.717) is 0 Å². The third-order valence-corrected chi connectivity index (χ3v) is 3.94. The number of methoxy groups -OCH3 is 1. The number of hydrogen-bond acceptors (Lipinski definition) is 2. The zero-order valence-electron chi connectivity index (χ0n) is 11.3. The maximum absolute atomic E-state index is 5.06. The standard InChI is InChI=1S/C14H29NO/c1-12(2)14(11-15-8-9-16-3)10-13-6-4-5-7-13/h12-15H,4-11H2,1-3H3. The second kappa shape index (κ2) is 8.08. The van der Waals surface area contributed by atoms with E-state index < -0.39 is 0 Å². The monoisotopic (exact) mass is 227 g/mol. The molecule has 1 atom stereocenters. The Balaban J connectivity index is 2.18. The number of hydrogen-bond donors (Lipinski definition) is 1. The van der Waals surface area contributed by atoms with Crippen molar-refractivity contribution in [1.29, 1.82) is 0 Å². The third kappa shape index (κ3) is 5.31. The number of nitrogens with one attached hydrogen (secondary N) is 1. The molecule has 1 rings (SSSR count). The molecule has 0 amide bonds. The van der Waals surface area contributed by atoms with Gasteiger partial charge < -0.3 is 10.1 Å². The average Bonchev–Trinajstić information content (AvgIpc) is 2.75. The molecule has 1 unspecified atom stereocenters. The molecule has 0 aromatic rings. The Hall–Kier alpha value is -0.0800. The van der Waals surface area contributed by atoms with Crippen LogP contribution in [-0.2, 0) is 4.74 Å². The molecule has 96 valence electrons. The summed E-state index contributed by atoms with van der Waals surface area (Å²) in [5.74, 6) is 2.66. The highest BCUT2D eigenvalue weighted by atomic mass is 16.5. The molecule has 16 heavy (non-hydrogen) atoms. The van der Waals surface area contributed by atoms with Gasteiger partial charge in [-0.15, -0.1) is 0 Å². The molecule has 0 aromatic carbocycles. The summed E-state index contributed by atoms with van der Waals surface area (Å²) in [6, 6.07) is 0. The Labute approximate surface area is 101 Å². The summed E-state index contributed by atoms with van der Waals surface area (Å²) in [6.45, 7) is 7.70. The summed E-state index contributed by atoms with van der Waals surface area (Å²) in [5, 5.41) is 3.52. The van der Waals surface area contributed by atoms with Gasteiger partial charge in [-0.05, 0) is 30.7 Å². The van der Waals surface area contributed by atoms with E-state index in [-0.39, 0.29) is 0 Å². The molecule has 1 fully saturated rings. The second-order valence-electron chi connectivity index (χ2n) is 5.59. The maximum Gasteiger partial charge on any atom is 0.0587 e. The van der Waals surface area contributed by atoms with Gasteiger partial charge in [0.25, 0.3) is 0 Å². The van der Waals surface area contributed by atoms with Crippen LogP contribution in [0.1, 0.15) is 46.0 Å². The fraction of sp³-hybridized carbons (Fsp3) is 1.00. The first-order valence-electron chi connectivity index (χ1n) is 6.93. The van der Waals surface area contributed by atoms with Crippen molar-refractivity contribution in [2.75, 3.05) is 26.8 Å². The highest BCUT2D eigenvalue weighted by Gasteiger charge is 2.21. The van der Waals surface area contributed by atoms with Crippen LogP contribution in [0, 0.1) is 17.8 Å². The lowest BCUT2D eigenvalue weighted by atomic mass is 9.85. The highest BCUT2D eigenvalue weighted by Crippen LogP contribution is 2.32. The molecular formula is C14H29NO. The van der Waals surface area contributed by atoms with Crippen molar-refractivity contribution in [1.82, 2.24) is 5.32 Å². The average molecular weight is 227 g/mol. The molecule has 0 heterocycles. The summed E-state index contributed by atoms with van der Waals surface area (Å²) in [5.41, 5.74) is 0. The summed E-state index contributed by atoms with van der Waals surface area (Å²) >= 11 is 0. The van der Waals surface area contributed by atoms with E-state index in [4.69, 9.17) is 4.74 Å². The van der Waals surface area contributed by atoms with Crippen LogP contribution in [0.2, 0.25) is 0 Å². The van der Waals surface area contributed by atoms with Gasteiger partial charge in [-0.2, -0.15) is 0 Å². The molecule has 1 aliphatic rings. The lowest BCUT2D eigenvalue weighted by Crippen LogP contribution is -2.29. The Morgan fingerprint density at radius 2 is 1.94 bits per heavy atom. The number of rotatable bonds is 8. The number of ether oxygens (including phenoxy) is 1. The molecule has 0 saturated heterocycles. The second-order valence-corrected chi connectivity index (χ2v) is 5.59. The van der Waals surface area contributed by atoms with Crippen molar-refractivity contribution in [3.05, 3.63) is 0 Å². The van der Waals surface area contributed by atoms with Crippen LogP contribution >= 0.6 is 0 Å². The van der Waals surface area contributed by atoms with Gasteiger partial charge in [-0.1, -0.05) is 39.5 Å². The van der Waals surface area contributed by atoms with Crippen LogP contribution in [-0.4, -0.2) is 26.8 Å². The predicted molar refractivity (Wildman–Crippen MR) is 69.6 cm³/mol. The molecule has 0 aromatic heterocycles. The van der Waals surface area contributed by atoms with Crippen molar-refractivity contribution in [3.8, 4) is 0 Å². The van der Waals surface area contributed by atoms with Crippen molar-refractivity contribution in [3.63, 3.8) is 0 Å². The zero-order valence-corrected chi connectivity index (χ0v) is 11.3. The SMILES string of the molecule is COCCNCC(CC1CCCC1)C(C)C. The quantitative estimate of drug-likeness (QED) is 0.643. The first-order chi connectivity index (χ1) is 7.74. The maximum atomic E-state index is 5.06. The Bertz CT molecular complexity index is 164. The largest absolute Gasteiger partial charge is 0.383 e. The molecule has 1 aliphatic carbocycles. The lowest BCUT2D eigenvalue weighted by molar-refractivity contribution is 0.193. The minimum absolute atomic E-state index is 0.802. The van der Waals surface area contributed by atoms with E-state index >= 15 is 0 Å². The normalized spacial score (nSPS) is 19.5. The molecule has 2 nitrogen and oxygen atoms in total. The molecule has 0 spiro atoms. The zero-order chi connectivity index (χ0) is 11.8. The fourth-order valence-electron chi connectivity index (χ4n) is 2.73. The van der Waals surface area contributed by atoms with Crippen LogP contribution < -0.4 is 5.32 Å². The van der Waals surface area contributed by atoms with Gasteiger partial charge >= 0.3 is 0 Å². The van der Waals surface area contributed by atoms with E-state index in [2.05, 4.69) is 19.2 Å². The lowest BCUT2D eigenvalue weighted by Gasteiger charge is -2.24. The summed E-state index contributed by atoms with van der Waals surface area (Å²) in [7, 11) is 1.76. The van der Waals surface area contributed by atoms with Crippen molar-refractivity contribution >= 4 is 0 Å². The molecule has 1 N–H and O–H groups in total. The van der Waals surface area contributed by atoms with Gasteiger partial charge in [0.2, 0.25) is 0 Å². The van der Waals surface area contributed by atoms with Crippen LogP contribution in [0.4, 0.5) is 0 Å². The van der Waals surface area contributed by atoms with Gasteiger partial charge in [0.1, 0.15) is 0 Å². The molecule has 0 aliphatic heterocycles. The van der Waals surface area contributed by atoms with Crippen LogP contribution in [0.15, 0.2) is 0 Å². The minimum atomic E-state index is 0.802. The van der Waals surface area contributed by atoms with Crippen molar-refractivity contribution in [2.24, 2.45) is 17.8 Å². The van der Waals surface area contributed by atoms with Crippen LogP contribution in [0.3, 0.4) is 0 Å². The van der Waals surface area contributed by atoms with Gasteiger partial charge in [0, 0.05) is 13.7 Å². The molecule has 0 bridgehead atoms. The van der Waals surface area contributed by atoms with E-state index in [1.165, 1.54) is 32.1 Å². The van der Waals surface area contributed by atoms with Gasteiger partial charge in [0.15, 0.2) is 0 Å². The Kier molecular flexibility index (Phi) is 7.06. The third-order valence-electron chi connectivity index (χ3n) is 3.94. The highest BCUT2D eigenvalue weighted by molar-refractivity contribution is 4.74. The van der Waals surface area contributed by atoms with Crippen molar-refractivity contribution in [2.45, 2.75) is 46.0 Å². The fourth-order valence-corrected chi connectivity index (χ4v) is 2.73. The van der Waals surface area contributed by atoms with E-state index in [1.807, 2.05) is 0 Å². The van der Waals surface area contributed by atoms with E-state index in [1.54, 1.807) is 7.11 Å². The molecular weight excluding hydrogens is 198 g/mol. The summed E-state index contributed by atoms with van der Waals surface area (Å²) in [4.78, 5) is 0. The summed E-state index contributed by atoms with van der Waals surface area (Å²) < 4.78 is 5.06. The van der Waals surface area contributed by atoms with Gasteiger partial charge in [-0.3, -0.25) is 0 Å². The van der Waals surface area contributed by atoms with E-state index in [0.717, 1.165) is 37.5 Å². The van der Waals surface area contributed by atoms with Crippen molar-refractivity contribution < 1.29 is 4.74 Å². The smallest absolute Gasteiger partial charge is 0.0587 e.